The van der Waals surface area contributed by atoms with Crippen LogP contribution in [-0.2, 0) is 32.1 Å². The van der Waals surface area contributed by atoms with Crippen LogP contribution in [0.4, 0.5) is 5.69 Å². The summed E-state index contributed by atoms with van der Waals surface area (Å²) >= 11 is 0. The van der Waals surface area contributed by atoms with Crippen LogP contribution in [-0.4, -0.2) is 42.4 Å². The zero-order valence-corrected chi connectivity index (χ0v) is 15.5. The number of hydrogen-bond donors (Lipinski definition) is 0. The summed E-state index contributed by atoms with van der Waals surface area (Å²) in [5.41, 5.74) is 2.01. The highest BCUT2D eigenvalue weighted by Crippen LogP contribution is 2.27. The lowest BCUT2D eigenvalue weighted by atomic mass is 10.0. The van der Waals surface area contributed by atoms with E-state index in [2.05, 4.69) is 0 Å². The molecule has 0 N–H and O–H groups in total. The Morgan fingerprint density at radius 2 is 2.04 bits per heavy atom. The number of esters is 1. The van der Waals surface area contributed by atoms with E-state index in [1.165, 1.54) is 0 Å². The number of carbonyl (C=O) groups is 3. The predicted molar refractivity (Wildman–Crippen MR) is 100 cm³/mol. The van der Waals surface area contributed by atoms with Crippen molar-refractivity contribution in [3.05, 3.63) is 54.0 Å². The Labute approximate surface area is 162 Å². The molecule has 3 heterocycles. The summed E-state index contributed by atoms with van der Waals surface area (Å²) in [7, 11) is 0. The molecule has 146 valence electrons. The van der Waals surface area contributed by atoms with Crippen molar-refractivity contribution in [1.82, 2.24) is 4.90 Å². The molecule has 0 saturated carbocycles. The van der Waals surface area contributed by atoms with Gasteiger partial charge in [-0.05, 0) is 36.6 Å². The molecule has 1 fully saturated rings. The van der Waals surface area contributed by atoms with Crippen molar-refractivity contribution in [3.8, 4) is 0 Å². The van der Waals surface area contributed by atoms with Gasteiger partial charge in [-0.25, -0.2) is 0 Å². The Balaban J connectivity index is 1.31. The van der Waals surface area contributed by atoms with Gasteiger partial charge in [0.05, 0.1) is 18.7 Å². The maximum absolute atomic E-state index is 12.6. The van der Waals surface area contributed by atoms with Crippen LogP contribution in [0.25, 0.3) is 0 Å². The van der Waals surface area contributed by atoms with Crippen LogP contribution in [0.3, 0.4) is 0 Å². The van der Waals surface area contributed by atoms with Crippen molar-refractivity contribution < 1.29 is 23.5 Å². The highest BCUT2D eigenvalue weighted by molar-refractivity contribution is 5.96. The molecule has 0 spiro atoms. The van der Waals surface area contributed by atoms with E-state index in [1.807, 2.05) is 24.3 Å². The Morgan fingerprint density at radius 3 is 2.86 bits per heavy atom. The number of aryl methyl sites for hydroxylation is 1. The van der Waals surface area contributed by atoms with Crippen LogP contribution in [0, 0.1) is 5.92 Å². The Hall–Kier alpha value is -3.09. The topological polar surface area (TPSA) is 80.1 Å². The molecule has 1 aromatic carbocycles. The first-order valence-electron chi connectivity index (χ1n) is 9.47. The van der Waals surface area contributed by atoms with E-state index >= 15 is 0 Å². The first kappa shape index (κ1) is 18.3. The lowest BCUT2D eigenvalue weighted by Gasteiger charge is -2.29. The Kier molecular flexibility index (Phi) is 5.14. The fourth-order valence-electron chi connectivity index (χ4n) is 3.79. The maximum Gasteiger partial charge on any atom is 0.311 e. The van der Waals surface area contributed by atoms with E-state index < -0.39 is 11.9 Å². The molecule has 1 saturated heterocycles. The van der Waals surface area contributed by atoms with Crippen LogP contribution in [0.5, 0.6) is 0 Å². The second kappa shape index (κ2) is 7.88. The van der Waals surface area contributed by atoms with Crippen LogP contribution in [0.15, 0.2) is 47.1 Å². The first-order valence-corrected chi connectivity index (χ1v) is 9.47. The number of fused-ring (bicyclic) bond motifs is 1. The first-order chi connectivity index (χ1) is 13.6. The minimum atomic E-state index is -0.552. The zero-order valence-electron chi connectivity index (χ0n) is 15.5. The molecule has 0 radical (unpaired) electrons. The molecule has 7 nitrogen and oxygen atoms in total. The third-order valence-corrected chi connectivity index (χ3v) is 5.22. The van der Waals surface area contributed by atoms with E-state index in [1.54, 1.807) is 28.2 Å². The summed E-state index contributed by atoms with van der Waals surface area (Å²) in [5.74, 6) is -0.744. The summed E-state index contributed by atoms with van der Waals surface area (Å²) in [6.45, 7) is 0.917. The highest BCUT2D eigenvalue weighted by atomic mass is 16.5. The van der Waals surface area contributed by atoms with Crippen molar-refractivity contribution in [2.24, 2.45) is 5.92 Å². The summed E-state index contributed by atoms with van der Waals surface area (Å²) in [4.78, 5) is 40.3. The van der Waals surface area contributed by atoms with E-state index in [0.29, 0.717) is 18.8 Å². The molecule has 1 atom stereocenters. The number of carbonyl (C=O) groups excluding carboxylic acids is 3. The van der Waals surface area contributed by atoms with Crippen molar-refractivity contribution in [2.45, 2.75) is 25.8 Å². The van der Waals surface area contributed by atoms with Crippen LogP contribution >= 0.6 is 0 Å². The molecule has 0 bridgehead atoms. The second-order valence-corrected chi connectivity index (χ2v) is 7.14. The Morgan fingerprint density at radius 1 is 1.18 bits per heavy atom. The summed E-state index contributed by atoms with van der Waals surface area (Å²) in [5, 5.41) is 0. The zero-order chi connectivity index (χ0) is 19.5. The van der Waals surface area contributed by atoms with Gasteiger partial charge in [0.15, 0.2) is 6.61 Å². The minimum absolute atomic E-state index is 0.0975. The smallest absolute Gasteiger partial charge is 0.311 e. The molecule has 2 aromatic rings. The van der Waals surface area contributed by atoms with Crippen LogP contribution in [0.1, 0.15) is 24.2 Å². The van der Waals surface area contributed by atoms with E-state index in [4.69, 9.17) is 9.15 Å². The van der Waals surface area contributed by atoms with Crippen LogP contribution in [0.2, 0.25) is 0 Å². The third kappa shape index (κ3) is 3.78. The molecule has 2 amide bonds. The molecule has 2 aliphatic heterocycles. The quantitative estimate of drug-likeness (QED) is 0.741. The van der Waals surface area contributed by atoms with Gasteiger partial charge < -0.3 is 19.0 Å². The van der Waals surface area contributed by atoms with Gasteiger partial charge in [-0.2, -0.15) is 0 Å². The van der Waals surface area contributed by atoms with Gasteiger partial charge in [-0.3, -0.25) is 14.4 Å². The molecular weight excluding hydrogens is 360 g/mol. The van der Waals surface area contributed by atoms with Gasteiger partial charge in [0, 0.05) is 25.2 Å². The maximum atomic E-state index is 12.6. The number of hydrogen-bond acceptors (Lipinski definition) is 5. The molecule has 28 heavy (non-hydrogen) atoms. The van der Waals surface area contributed by atoms with Crippen molar-refractivity contribution >= 4 is 23.5 Å². The number of likely N-dealkylation sites (tertiary alicyclic amines) is 1. The fraction of sp³-hybridized carbons (Fsp3) is 0.381. The summed E-state index contributed by atoms with van der Waals surface area (Å²) in [6.07, 6.45) is 3.47. The number of anilines is 1. The average Bonchev–Trinajstić information content (AvgIpc) is 3.36. The monoisotopic (exact) mass is 382 g/mol. The van der Waals surface area contributed by atoms with E-state index in [-0.39, 0.29) is 31.4 Å². The largest absolute Gasteiger partial charge is 0.467 e. The average molecular weight is 382 g/mol. The number of ether oxygens (including phenoxy) is 1. The number of para-hydroxylation sites is 1. The SMILES string of the molecule is O=C(OCC(=O)N1CCCc2ccccc21)C1CC(=O)N(Cc2ccco2)C1. The second-order valence-electron chi connectivity index (χ2n) is 7.14. The van der Waals surface area contributed by atoms with E-state index in [9.17, 15) is 14.4 Å². The molecule has 1 aromatic heterocycles. The molecule has 2 aliphatic rings. The van der Waals surface area contributed by atoms with E-state index in [0.717, 1.165) is 24.1 Å². The number of furan rings is 1. The lowest BCUT2D eigenvalue weighted by Crippen LogP contribution is -2.39. The predicted octanol–water partition coefficient (Wildman–Crippen LogP) is 2.15. The molecule has 1 unspecified atom stereocenters. The normalized spacial score (nSPS) is 18.9. The number of rotatable bonds is 5. The van der Waals surface area contributed by atoms with Gasteiger partial charge in [0.25, 0.3) is 5.91 Å². The van der Waals surface area contributed by atoms with Gasteiger partial charge >= 0.3 is 5.97 Å². The minimum Gasteiger partial charge on any atom is -0.467 e. The van der Waals surface area contributed by atoms with Gasteiger partial charge in [0.1, 0.15) is 5.76 Å². The number of nitrogens with zero attached hydrogens (tertiary/aromatic N) is 2. The van der Waals surface area contributed by atoms with Crippen molar-refractivity contribution in [2.75, 3.05) is 24.6 Å². The van der Waals surface area contributed by atoms with Crippen molar-refractivity contribution in [3.63, 3.8) is 0 Å². The molecule has 0 aliphatic carbocycles. The molecule has 4 rings (SSSR count). The summed E-state index contributed by atoms with van der Waals surface area (Å²) < 4.78 is 10.5. The van der Waals surface area contributed by atoms with Gasteiger partial charge in [-0.1, -0.05) is 18.2 Å². The lowest BCUT2D eigenvalue weighted by molar-refractivity contribution is -0.151. The highest BCUT2D eigenvalue weighted by Gasteiger charge is 2.36. The van der Waals surface area contributed by atoms with Gasteiger partial charge in [0.2, 0.25) is 5.91 Å². The molecular formula is C21H22N2O5. The number of benzene rings is 1. The summed E-state index contributed by atoms with van der Waals surface area (Å²) in [6, 6.07) is 11.3. The van der Waals surface area contributed by atoms with Gasteiger partial charge in [-0.15, -0.1) is 0 Å². The fourth-order valence-corrected chi connectivity index (χ4v) is 3.79. The number of amides is 2. The third-order valence-electron chi connectivity index (χ3n) is 5.22. The van der Waals surface area contributed by atoms with Crippen LogP contribution < -0.4 is 4.90 Å². The Bertz CT molecular complexity index is 877. The molecule has 7 heteroatoms. The standard InChI is InChI=1S/C21H22N2O5/c24-19-11-16(12-22(19)13-17-7-4-10-27-17)21(26)28-14-20(25)23-9-3-6-15-5-1-2-8-18(15)23/h1-2,4-5,7-8,10,16H,3,6,9,11-14H2. The van der Waals surface area contributed by atoms with Crippen molar-refractivity contribution in [1.29, 1.82) is 0 Å².